The van der Waals surface area contributed by atoms with Crippen molar-refractivity contribution in [3.05, 3.63) is 208 Å². The summed E-state index contributed by atoms with van der Waals surface area (Å²) in [5, 5.41) is 0. The van der Waals surface area contributed by atoms with E-state index in [9.17, 15) is 0 Å². The van der Waals surface area contributed by atoms with Crippen molar-refractivity contribution >= 4 is 35.1 Å². The van der Waals surface area contributed by atoms with Crippen LogP contribution in [0.2, 0.25) is 0 Å². The van der Waals surface area contributed by atoms with Gasteiger partial charge in [-0.25, -0.2) is 0 Å². The van der Waals surface area contributed by atoms with E-state index < -0.39 is 5.72 Å². The molecule has 6 aromatic carbocycles. The van der Waals surface area contributed by atoms with Crippen molar-refractivity contribution in [3.63, 3.8) is 0 Å². The van der Waals surface area contributed by atoms with Crippen LogP contribution in [-0.2, 0) is 5.41 Å². The van der Waals surface area contributed by atoms with Gasteiger partial charge in [0.1, 0.15) is 5.75 Å². The molecule has 2 heteroatoms. The second-order valence-corrected chi connectivity index (χ2v) is 13.4. The molecule has 1 spiro atoms. The van der Waals surface area contributed by atoms with Crippen molar-refractivity contribution in [2.75, 3.05) is 11.9 Å². The predicted molar refractivity (Wildman–Crippen MR) is 206 cm³/mol. The van der Waals surface area contributed by atoms with Crippen LogP contribution >= 0.6 is 0 Å². The smallest absolute Gasteiger partial charge is 0.211 e. The van der Waals surface area contributed by atoms with Gasteiger partial charge >= 0.3 is 0 Å². The van der Waals surface area contributed by atoms with Crippen molar-refractivity contribution in [3.8, 4) is 5.75 Å². The van der Waals surface area contributed by atoms with Gasteiger partial charge < -0.3 is 9.64 Å². The summed E-state index contributed by atoms with van der Waals surface area (Å²) in [4.78, 5) is 2.28. The molecule has 2 aliphatic rings. The fourth-order valence-electron chi connectivity index (χ4n) is 7.58. The molecule has 0 aliphatic carbocycles. The zero-order chi connectivity index (χ0) is 33.4. The summed E-state index contributed by atoms with van der Waals surface area (Å²) < 4.78 is 6.87. The molecule has 0 saturated carbocycles. The molecule has 238 valence electrons. The number of para-hydroxylation sites is 1. The average Bonchev–Trinajstić information content (AvgIpc) is 3.31. The molecule has 0 aromatic heterocycles. The highest BCUT2D eigenvalue weighted by Gasteiger charge is 2.57. The lowest BCUT2D eigenvalue weighted by molar-refractivity contribution is 0.0582. The van der Waals surface area contributed by atoms with Crippen molar-refractivity contribution in [1.29, 1.82) is 0 Å². The molecule has 8 rings (SSSR count). The van der Waals surface area contributed by atoms with Gasteiger partial charge in [0, 0.05) is 18.3 Å². The Balaban J connectivity index is 1.10. The van der Waals surface area contributed by atoms with E-state index in [0.717, 1.165) is 22.4 Å². The van der Waals surface area contributed by atoms with Gasteiger partial charge in [-0.1, -0.05) is 152 Å². The van der Waals surface area contributed by atoms with Crippen LogP contribution in [0.15, 0.2) is 164 Å². The van der Waals surface area contributed by atoms with E-state index in [0.29, 0.717) is 0 Å². The Bertz CT molecular complexity index is 2170. The van der Waals surface area contributed by atoms with Crippen LogP contribution in [0.4, 0.5) is 5.69 Å². The van der Waals surface area contributed by atoms with Crippen LogP contribution in [0.3, 0.4) is 0 Å². The molecule has 0 radical (unpaired) electrons. The number of benzene rings is 6. The molecular weight excluding hydrogens is 595 g/mol. The van der Waals surface area contributed by atoms with Crippen molar-refractivity contribution in [2.24, 2.45) is 0 Å². The van der Waals surface area contributed by atoms with E-state index in [2.05, 4.69) is 208 Å². The summed E-state index contributed by atoms with van der Waals surface area (Å²) in [6, 6.07) is 56.1. The Morgan fingerprint density at radius 1 is 0.551 bits per heavy atom. The van der Waals surface area contributed by atoms with E-state index >= 15 is 0 Å². The third-order valence-corrected chi connectivity index (χ3v) is 10.2. The Labute approximate surface area is 290 Å². The van der Waals surface area contributed by atoms with Crippen molar-refractivity contribution in [2.45, 2.75) is 25.0 Å². The summed E-state index contributed by atoms with van der Waals surface area (Å²) >= 11 is 0. The number of rotatable bonds is 6. The number of ether oxygens (including phenoxy) is 1. The predicted octanol–water partition coefficient (Wildman–Crippen LogP) is 11.4. The topological polar surface area (TPSA) is 12.5 Å². The van der Waals surface area contributed by atoms with Gasteiger partial charge in [-0.05, 0) is 94.3 Å². The molecule has 1 atom stereocenters. The van der Waals surface area contributed by atoms with E-state index in [4.69, 9.17) is 4.74 Å². The normalized spacial score (nSPS) is 17.1. The lowest BCUT2D eigenvalue weighted by Crippen LogP contribution is -2.58. The maximum absolute atomic E-state index is 6.87. The van der Waals surface area contributed by atoms with Crippen LogP contribution in [0.1, 0.15) is 58.4 Å². The second-order valence-electron chi connectivity index (χ2n) is 13.4. The third-order valence-electron chi connectivity index (χ3n) is 10.2. The summed E-state index contributed by atoms with van der Waals surface area (Å²) in [6.45, 7) is 4.55. The molecule has 6 aromatic rings. The maximum Gasteiger partial charge on any atom is 0.211 e. The fourth-order valence-corrected chi connectivity index (χ4v) is 7.58. The first-order valence-electron chi connectivity index (χ1n) is 17.0. The SMILES string of the molecule is CN1c2ccccc2C(C)(C)C12C=Cc1cc(/C=C/c3ccc(C(=C(c4ccccc4)c4ccccc4)c4ccccc4)cc3)ccc1O2. The van der Waals surface area contributed by atoms with Crippen LogP contribution in [0.25, 0.3) is 29.4 Å². The zero-order valence-electron chi connectivity index (χ0n) is 28.2. The number of nitrogens with zero attached hydrogens (tertiary/aromatic N) is 1. The molecule has 0 bridgehead atoms. The number of anilines is 1. The fraction of sp³-hybridized carbons (Fsp3) is 0.106. The van der Waals surface area contributed by atoms with Gasteiger partial charge in [0.05, 0.1) is 5.41 Å². The molecule has 0 saturated heterocycles. The highest BCUT2D eigenvalue weighted by atomic mass is 16.5. The van der Waals surface area contributed by atoms with Crippen LogP contribution < -0.4 is 9.64 Å². The highest BCUT2D eigenvalue weighted by molar-refractivity contribution is 6.04. The first-order valence-corrected chi connectivity index (χ1v) is 17.0. The Morgan fingerprint density at radius 2 is 1.04 bits per heavy atom. The van der Waals surface area contributed by atoms with Crippen LogP contribution in [0.5, 0.6) is 5.75 Å². The quantitative estimate of drug-likeness (QED) is 0.169. The minimum Gasteiger partial charge on any atom is -0.463 e. The largest absolute Gasteiger partial charge is 0.463 e. The highest BCUT2D eigenvalue weighted by Crippen LogP contribution is 2.54. The molecule has 0 fully saturated rings. The van der Waals surface area contributed by atoms with Gasteiger partial charge in [-0.3, -0.25) is 0 Å². The van der Waals surface area contributed by atoms with E-state index in [-0.39, 0.29) is 5.41 Å². The summed E-state index contributed by atoms with van der Waals surface area (Å²) in [5.41, 5.74) is 12.3. The lowest BCUT2D eigenvalue weighted by atomic mass is 9.76. The number of fused-ring (bicyclic) bond motifs is 2. The number of hydrogen-bond donors (Lipinski definition) is 0. The molecule has 0 N–H and O–H groups in total. The monoisotopic (exact) mass is 633 g/mol. The molecule has 49 heavy (non-hydrogen) atoms. The Morgan fingerprint density at radius 3 is 1.61 bits per heavy atom. The van der Waals surface area contributed by atoms with E-state index in [1.807, 2.05) is 0 Å². The average molecular weight is 634 g/mol. The molecule has 2 heterocycles. The van der Waals surface area contributed by atoms with E-state index in [1.165, 1.54) is 44.7 Å². The van der Waals surface area contributed by atoms with Crippen molar-refractivity contribution in [1.82, 2.24) is 0 Å². The minimum absolute atomic E-state index is 0.213. The van der Waals surface area contributed by atoms with Gasteiger partial charge in [-0.2, -0.15) is 0 Å². The number of hydrogen-bond acceptors (Lipinski definition) is 2. The van der Waals surface area contributed by atoms with E-state index in [1.54, 1.807) is 0 Å². The summed E-state index contributed by atoms with van der Waals surface area (Å²) in [6.07, 6.45) is 8.83. The Kier molecular flexibility index (Phi) is 7.65. The molecule has 1 unspecified atom stereocenters. The molecule has 2 aliphatic heterocycles. The lowest BCUT2D eigenvalue weighted by Gasteiger charge is -2.45. The summed E-state index contributed by atoms with van der Waals surface area (Å²) in [5.74, 6) is 0.907. The first-order chi connectivity index (χ1) is 23.9. The third kappa shape index (κ3) is 5.30. The van der Waals surface area contributed by atoms with Gasteiger partial charge in [0.2, 0.25) is 5.72 Å². The summed E-state index contributed by atoms with van der Waals surface area (Å²) in [7, 11) is 2.13. The molecular formula is C47H39NO. The minimum atomic E-state index is -0.573. The molecule has 0 amide bonds. The van der Waals surface area contributed by atoms with Crippen molar-refractivity contribution < 1.29 is 4.74 Å². The number of likely N-dealkylation sites (N-methyl/N-ethyl adjacent to an activating group) is 1. The first kappa shape index (κ1) is 30.5. The Hall–Kier alpha value is -5.86. The second kappa shape index (κ2) is 12.3. The van der Waals surface area contributed by atoms with Gasteiger partial charge in [-0.15, -0.1) is 0 Å². The standard InChI is InChI=1S/C47H39NO/c1-46(2)41-21-13-14-22-42(41)48(3)47(46)32-31-40-33-35(27-30-43(40)49-47)24-23-34-25-28-39(29-26-34)45(38-19-11-6-12-20-38)44(36-15-7-4-8-16-36)37-17-9-5-10-18-37/h4-33H,1-3H3/b24-23+. The van der Waals surface area contributed by atoms with Crippen LogP contribution in [0, 0.1) is 0 Å². The maximum atomic E-state index is 6.87. The zero-order valence-corrected chi connectivity index (χ0v) is 28.2. The van der Waals surface area contributed by atoms with Gasteiger partial charge in [0.25, 0.3) is 0 Å². The van der Waals surface area contributed by atoms with Gasteiger partial charge in [0.15, 0.2) is 0 Å². The molecule has 2 nitrogen and oxygen atoms in total. The van der Waals surface area contributed by atoms with Crippen LogP contribution in [-0.4, -0.2) is 12.8 Å².